The van der Waals surface area contributed by atoms with Crippen molar-refractivity contribution < 1.29 is 13.2 Å². The van der Waals surface area contributed by atoms with Crippen LogP contribution < -0.4 is 4.72 Å². The number of carbonyl (C=O) groups excluding carboxylic acids is 1. The number of nitrogens with one attached hydrogen (secondary N) is 1. The second kappa shape index (κ2) is 8.11. The van der Waals surface area contributed by atoms with Crippen molar-refractivity contribution in [1.82, 2.24) is 9.62 Å². The number of thioether (sulfide) groups is 1. The van der Waals surface area contributed by atoms with Crippen LogP contribution >= 0.6 is 11.8 Å². The van der Waals surface area contributed by atoms with Gasteiger partial charge in [-0.2, -0.15) is 11.8 Å². The van der Waals surface area contributed by atoms with Crippen LogP contribution in [0, 0.1) is 0 Å². The molecule has 1 rings (SSSR count). The van der Waals surface area contributed by atoms with Crippen LogP contribution in [0.1, 0.15) is 32.6 Å². The van der Waals surface area contributed by atoms with E-state index in [1.165, 1.54) is 0 Å². The van der Waals surface area contributed by atoms with Gasteiger partial charge >= 0.3 is 0 Å². The number of nitrogens with zero attached hydrogens (tertiary/aromatic N) is 1. The van der Waals surface area contributed by atoms with Gasteiger partial charge in [-0.05, 0) is 44.6 Å². The van der Waals surface area contributed by atoms with E-state index >= 15 is 0 Å². The Morgan fingerprint density at radius 1 is 1.32 bits per heavy atom. The van der Waals surface area contributed by atoms with Crippen LogP contribution in [0.15, 0.2) is 0 Å². The molecule has 1 N–H and O–H groups in total. The Labute approximate surface area is 120 Å². The molecule has 0 aromatic heterocycles. The number of carbonyl (C=O) groups is 1. The zero-order valence-electron chi connectivity index (χ0n) is 11.7. The van der Waals surface area contributed by atoms with E-state index in [2.05, 4.69) is 4.72 Å². The summed E-state index contributed by atoms with van der Waals surface area (Å²) in [7, 11) is -3.34. The summed E-state index contributed by atoms with van der Waals surface area (Å²) in [6.07, 6.45) is 5.69. The van der Waals surface area contributed by atoms with Gasteiger partial charge in [-0.25, -0.2) is 13.1 Å². The van der Waals surface area contributed by atoms with Crippen LogP contribution in [0.3, 0.4) is 0 Å². The summed E-state index contributed by atoms with van der Waals surface area (Å²) in [6, 6.07) is -0.601. The van der Waals surface area contributed by atoms with E-state index in [0.717, 1.165) is 38.1 Å². The highest BCUT2D eigenvalue weighted by molar-refractivity contribution is 7.98. The van der Waals surface area contributed by atoms with E-state index in [1.807, 2.05) is 6.26 Å². The number of piperidine rings is 1. The number of likely N-dealkylation sites (tertiary alicyclic amines) is 1. The van der Waals surface area contributed by atoms with E-state index in [0.29, 0.717) is 6.42 Å². The Morgan fingerprint density at radius 3 is 2.47 bits per heavy atom. The summed E-state index contributed by atoms with van der Waals surface area (Å²) in [4.78, 5) is 14.2. The van der Waals surface area contributed by atoms with Crippen molar-refractivity contribution in [2.75, 3.05) is 30.9 Å². The fourth-order valence-corrected chi connectivity index (χ4v) is 3.39. The molecule has 1 aliphatic heterocycles. The Hall–Kier alpha value is -0.270. The first kappa shape index (κ1) is 16.8. The van der Waals surface area contributed by atoms with Crippen LogP contribution in [0.2, 0.25) is 0 Å². The minimum absolute atomic E-state index is 0.00997. The molecule has 112 valence electrons. The summed E-state index contributed by atoms with van der Waals surface area (Å²) in [6.45, 7) is 3.09. The van der Waals surface area contributed by atoms with Gasteiger partial charge in [-0.3, -0.25) is 4.79 Å². The van der Waals surface area contributed by atoms with E-state index in [1.54, 1.807) is 23.6 Å². The van der Waals surface area contributed by atoms with Crippen molar-refractivity contribution in [3.63, 3.8) is 0 Å². The zero-order chi connectivity index (χ0) is 14.3. The van der Waals surface area contributed by atoms with Gasteiger partial charge < -0.3 is 4.90 Å². The second-order valence-corrected chi connectivity index (χ2v) is 7.77. The molecule has 1 fully saturated rings. The SMILES string of the molecule is CCS(=O)(=O)NC(CCSC)C(=O)N1CCCCC1. The lowest BCUT2D eigenvalue weighted by Crippen LogP contribution is -2.50. The Morgan fingerprint density at radius 2 is 1.95 bits per heavy atom. The van der Waals surface area contributed by atoms with Crippen LogP contribution in [0.4, 0.5) is 0 Å². The monoisotopic (exact) mass is 308 g/mol. The molecule has 1 atom stereocenters. The summed E-state index contributed by atoms with van der Waals surface area (Å²) in [5, 5.41) is 0. The van der Waals surface area contributed by atoms with Crippen molar-refractivity contribution >= 4 is 27.7 Å². The average Bonchev–Trinajstić information content (AvgIpc) is 2.43. The molecule has 0 aromatic rings. The quantitative estimate of drug-likeness (QED) is 0.764. The Bertz CT molecular complexity index is 378. The summed E-state index contributed by atoms with van der Waals surface area (Å²) < 4.78 is 25.9. The van der Waals surface area contributed by atoms with Crippen LogP contribution in [0.5, 0.6) is 0 Å². The number of hydrogen-bond donors (Lipinski definition) is 1. The first-order chi connectivity index (χ1) is 9.00. The van der Waals surface area contributed by atoms with Gasteiger partial charge in [0.15, 0.2) is 0 Å². The van der Waals surface area contributed by atoms with Gasteiger partial charge in [-0.15, -0.1) is 0 Å². The maximum absolute atomic E-state index is 12.4. The van der Waals surface area contributed by atoms with Gasteiger partial charge in [0.05, 0.1) is 5.75 Å². The molecule has 0 saturated carbocycles. The van der Waals surface area contributed by atoms with Crippen LogP contribution in [-0.4, -0.2) is 56.1 Å². The Kier molecular flexibility index (Phi) is 7.17. The maximum atomic E-state index is 12.4. The minimum Gasteiger partial charge on any atom is -0.341 e. The zero-order valence-corrected chi connectivity index (χ0v) is 13.4. The molecule has 0 spiro atoms. The van der Waals surface area contributed by atoms with Gasteiger partial charge in [0.2, 0.25) is 15.9 Å². The standard InChI is InChI=1S/C12H24N2O3S2/c1-3-19(16,17)13-11(7-10-18-2)12(15)14-8-5-4-6-9-14/h11,13H,3-10H2,1-2H3. The number of amides is 1. The molecule has 0 aromatic carbocycles. The Balaban J connectivity index is 2.68. The number of sulfonamides is 1. The van der Waals surface area contributed by atoms with Crippen molar-refractivity contribution in [3.8, 4) is 0 Å². The highest BCUT2D eigenvalue weighted by Crippen LogP contribution is 2.13. The molecule has 1 amide bonds. The fourth-order valence-electron chi connectivity index (χ4n) is 2.10. The van der Waals surface area contributed by atoms with Crippen LogP contribution in [0.25, 0.3) is 0 Å². The lowest BCUT2D eigenvalue weighted by Gasteiger charge is -2.30. The van der Waals surface area contributed by atoms with Gasteiger partial charge in [0, 0.05) is 13.1 Å². The lowest BCUT2D eigenvalue weighted by molar-refractivity contribution is -0.133. The third-order valence-corrected chi connectivity index (χ3v) is 5.33. The molecule has 1 saturated heterocycles. The molecule has 19 heavy (non-hydrogen) atoms. The van der Waals surface area contributed by atoms with Crippen LogP contribution in [-0.2, 0) is 14.8 Å². The summed E-state index contributed by atoms with van der Waals surface area (Å²) >= 11 is 1.62. The molecular formula is C12H24N2O3S2. The second-order valence-electron chi connectivity index (χ2n) is 4.74. The summed E-state index contributed by atoms with van der Waals surface area (Å²) in [5.41, 5.74) is 0. The molecule has 1 unspecified atom stereocenters. The van der Waals surface area contributed by atoms with Crippen molar-refractivity contribution in [2.24, 2.45) is 0 Å². The van der Waals surface area contributed by atoms with E-state index in [4.69, 9.17) is 0 Å². The smallest absolute Gasteiger partial charge is 0.240 e. The largest absolute Gasteiger partial charge is 0.341 e. The fraction of sp³-hybridized carbons (Fsp3) is 0.917. The maximum Gasteiger partial charge on any atom is 0.240 e. The predicted molar refractivity (Wildman–Crippen MR) is 79.8 cm³/mol. The molecular weight excluding hydrogens is 284 g/mol. The molecule has 0 radical (unpaired) electrons. The van der Waals surface area contributed by atoms with E-state index in [9.17, 15) is 13.2 Å². The number of hydrogen-bond acceptors (Lipinski definition) is 4. The molecule has 1 heterocycles. The van der Waals surface area contributed by atoms with Crippen molar-refractivity contribution in [1.29, 1.82) is 0 Å². The van der Waals surface area contributed by atoms with Gasteiger partial charge in [-0.1, -0.05) is 0 Å². The van der Waals surface area contributed by atoms with Gasteiger partial charge in [0.25, 0.3) is 0 Å². The first-order valence-electron chi connectivity index (χ1n) is 6.78. The molecule has 1 aliphatic rings. The highest BCUT2D eigenvalue weighted by atomic mass is 32.2. The van der Waals surface area contributed by atoms with Crippen molar-refractivity contribution in [3.05, 3.63) is 0 Å². The third-order valence-electron chi connectivity index (χ3n) is 3.28. The third kappa shape index (κ3) is 5.71. The molecule has 0 aliphatic carbocycles. The topological polar surface area (TPSA) is 66.5 Å². The summed E-state index contributed by atoms with van der Waals surface area (Å²) in [5.74, 6) is 0.720. The van der Waals surface area contributed by atoms with E-state index in [-0.39, 0.29) is 11.7 Å². The average molecular weight is 308 g/mol. The highest BCUT2D eigenvalue weighted by Gasteiger charge is 2.28. The van der Waals surface area contributed by atoms with E-state index < -0.39 is 16.1 Å². The molecule has 0 bridgehead atoms. The minimum atomic E-state index is -3.34. The predicted octanol–water partition coefficient (Wildman–Crippen LogP) is 1.06. The normalized spacial score (nSPS) is 18.3. The molecule has 5 nitrogen and oxygen atoms in total. The first-order valence-corrected chi connectivity index (χ1v) is 9.82. The lowest BCUT2D eigenvalue weighted by atomic mass is 10.1. The number of rotatable bonds is 7. The molecule has 7 heteroatoms. The van der Waals surface area contributed by atoms with Crippen molar-refractivity contribution in [2.45, 2.75) is 38.6 Å². The van der Waals surface area contributed by atoms with Gasteiger partial charge in [0.1, 0.15) is 6.04 Å².